The molecule has 0 aliphatic rings. The number of nitrogens with two attached hydrogens (primary N) is 1. The second-order valence-electron chi connectivity index (χ2n) is 2.46. The largest absolute Gasteiger partial charge is 0.478 e. The fourth-order valence-electron chi connectivity index (χ4n) is 0.655. The van der Waals surface area contributed by atoms with Crippen molar-refractivity contribution in [1.29, 1.82) is 0 Å². The molecule has 1 amide bonds. The average Bonchev–Trinajstić information content (AvgIpc) is 1.81. The van der Waals surface area contributed by atoms with Gasteiger partial charge in [-0.05, 0) is 5.92 Å². The summed E-state index contributed by atoms with van der Waals surface area (Å²) in [5, 5.41) is 8.30. The third-order valence-corrected chi connectivity index (χ3v) is 1.19. The van der Waals surface area contributed by atoms with Gasteiger partial charge in [0.05, 0.1) is 0 Å². The van der Waals surface area contributed by atoms with Crippen LogP contribution in [0.15, 0.2) is 11.6 Å². The first kappa shape index (κ1) is 9.68. The van der Waals surface area contributed by atoms with E-state index in [2.05, 4.69) is 0 Å². The van der Waals surface area contributed by atoms with Crippen molar-refractivity contribution in [1.82, 2.24) is 0 Å². The fraction of sp³-hybridized carbons (Fsp3) is 0.429. The van der Waals surface area contributed by atoms with Gasteiger partial charge in [-0.15, -0.1) is 0 Å². The second-order valence-corrected chi connectivity index (χ2v) is 2.46. The molecule has 0 atom stereocenters. The van der Waals surface area contributed by atoms with Gasteiger partial charge >= 0.3 is 5.97 Å². The van der Waals surface area contributed by atoms with Crippen molar-refractivity contribution in [2.75, 3.05) is 0 Å². The van der Waals surface area contributed by atoms with Crippen LogP contribution in [0.1, 0.15) is 13.8 Å². The molecule has 0 aromatic heterocycles. The topological polar surface area (TPSA) is 80.4 Å². The molecule has 0 saturated carbocycles. The predicted octanol–water partition coefficient (Wildman–Crippen LogP) is 0.139. The van der Waals surface area contributed by atoms with E-state index >= 15 is 0 Å². The Balaban J connectivity index is 4.60. The first-order valence-electron chi connectivity index (χ1n) is 3.19. The van der Waals surface area contributed by atoms with Crippen LogP contribution in [0, 0.1) is 5.92 Å². The first-order valence-corrected chi connectivity index (χ1v) is 3.19. The van der Waals surface area contributed by atoms with Gasteiger partial charge in [0.1, 0.15) is 0 Å². The zero-order chi connectivity index (χ0) is 9.02. The SMILES string of the molecule is CC(C)C(=CC(=O)O)C(N)=O. The summed E-state index contributed by atoms with van der Waals surface area (Å²) in [6.07, 6.45) is 0.840. The molecule has 3 N–H and O–H groups in total. The molecule has 0 spiro atoms. The van der Waals surface area contributed by atoms with Gasteiger partial charge in [-0.25, -0.2) is 4.79 Å². The standard InChI is InChI=1S/C7H11NO3/c1-4(2)5(7(8)11)3-6(9)10/h3-4H,1-2H3,(H2,8,11)(H,9,10). The van der Waals surface area contributed by atoms with Gasteiger partial charge in [0.15, 0.2) is 0 Å². The first-order chi connectivity index (χ1) is 4.95. The molecule has 0 rings (SSSR count). The summed E-state index contributed by atoms with van der Waals surface area (Å²) in [4.78, 5) is 20.7. The zero-order valence-corrected chi connectivity index (χ0v) is 6.50. The summed E-state index contributed by atoms with van der Waals surface area (Å²) in [5.41, 5.74) is 5.05. The smallest absolute Gasteiger partial charge is 0.328 e. The van der Waals surface area contributed by atoms with Crippen molar-refractivity contribution in [2.45, 2.75) is 13.8 Å². The molecule has 0 radical (unpaired) electrons. The molecule has 4 heteroatoms. The maximum atomic E-state index is 10.6. The maximum Gasteiger partial charge on any atom is 0.328 e. The van der Waals surface area contributed by atoms with Gasteiger partial charge in [-0.1, -0.05) is 13.8 Å². The van der Waals surface area contributed by atoms with Crippen molar-refractivity contribution >= 4 is 11.9 Å². The van der Waals surface area contributed by atoms with E-state index in [-0.39, 0.29) is 11.5 Å². The van der Waals surface area contributed by atoms with Crippen molar-refractivity contribution < 1.29 is 14.7 Å². The van der Waals surface area contributed by atoms with E-state index in [9.17, 15) is 9.59 Å². The van der Waals surface area contributed by atoms with Gasteiger partial charge in [0.25, 0.3) is 0 Å². The van der Waals surface area contributed by atoms with Crippen LogP contribution >= 0.6 is 0 Å². The number of hydrogen-bond donors (Lipinski definition) is 2. The molecule has 0 aromatic carbocycles. The monoisotopic (exact) mass is 157 g/mol. The highest BCUT2D eigenvalue weighted by Gasteiger charge is 2.10. The van der Waals surface area contributed by atoms with E-state index < -0.39 is 11.9 Å². The van der Waals surface area contributed by atoms with Gasteiger partial charge < -0.3 is 10.8 Å². The van der Waals surface area contributed by atoms with E-state index in [0.29, 0.717) is 0 Å². The highest BCUT2D eigenvalue weighted by Crippen LogP contribution is 2.07. The summed E-state index contributed by atoms with van der Waals surface area (Å²) in [5.74, 6) is -1.97. The van der Waals surface area contributed by atoms with Crippen molar-refractivity contribution in [3.8, 4) is 0 Å². The summed E-state index contributed by atoms with van der Waals surface area (Å²) in [6.45, 7) is 3.42. The minimum absolute atomic E-state index is 0.137. The number of carboxylic acid groups (broad SMARTS) is 1. The van der Waals surface area contributed by atoms with Crippen LogP contribution in [0.5, 0.6) is 0 Å². The van der Waals surface area contributed by atoms with Gasteiger partial charge in [0.2, 0.25) is 5.91 Å². The lowest BCUT2D eigenvalue weighted by Gasteiger charge is -2.04. The Kier molecular flexibility index (Phi) is 3.30. The van der Waals surface area contributed by atoms with Crippen LogP contribution in [0.25, 0.3) is 0 Å². The maximum absolute atomic E-state index is 10.6. The van der Waals surface area contributed by atoms with Crippen LogP contribution in [-0.2, 0) is 9.59 Å². The molecule has 0 aromatic rings. The number of amides is 1. The van der Waals surface area contributed by atoms with Crippen LogP contribution in [0.4, 0.5) is 0 Å². The Hall–Kier alpha value is -1.32. The summed E-state index contributed by atoms with van der Waals surface area (Å²) in [6, 6.07) is 0. The molecule has 0 fully saturated rings. The quantitative estimate of drug-likeness (QED) is 0.572. The number of hydrogen-bond acceptors (Lipinski definition) is 2. The lowest BCUT2D eigenvalue weighted by atomic mass is 10.0. The number of carbonyl (C=O) groups is 2. The van der Waals surface area contributed by atoms with Crippen molar-refractivity contribution in [3.05, 3.63) is 11.6 Å². The Morgan fingerprint density at radius 2 is 1.91 bits per heavy atom. The summed E-state index contributed by atoms with van der Waals surface area (Å²) < 4.78 is 0. The number of carboxylic acids is 1. The van der Waals surface area contributed by atoms with E-state index in [1.165, 1.54) is 0 Å². The van der Waals surface area contributed by atoms with Crippen LogP contribution in [-0.4, -0.2) is 17.0 Å². The minimum atomic E-state index is -1.15. The lowest BCUT2D eigenvalue weighted by Crippen LogP contribution is -2.18. The van der Waals surface area contributed by atoms with E-state index in [4.69, 9.17) is 10.8 Å². The Morgan fingerprint density at radius 3 is 2.00 bits per heavy atom. The molecular weight excluding hydrogens is 146 g/mol. The number of carbonyl (C=O) groups excluding carboxylic acids is 1. The molecule has 0 bridgehead atoms. The number of primary amides is 1. The van der Waals surface area contributed by atoms with Gasteiger partial charge in [-0.3, -0.25) is 4.79 Å². The normalized spacial score (nSPS) is 11.7. The number of rotatable bonds is 3. The molecule has 0 aliphatic carbocycles. The average molecular weight is 157 g/mol. The van der Waals surface area contributed by atoms with E-state index in [1.54, 1.807) is 13.8 Å². The third kappa shape index (κ3) is 3.40. The number of aliphatic carboxylic acids is 1. The molecule has 0 aliphatic heterocycles. The molecule has 62 valence electrons. The third-order valence-electron chi connectivity index (χ3n) is 1.19. The van der Waals surface area contributed by atoms with Crippen LogP contribution in [0.3, 0.4) is 0 Å². The molecule has 0 unspecified atom stereocenters. The highest BCUT2D eigenvalue weighted by atomic mass is 16.4. The second kappa shape index (κ2) is 3.75. The Morgan fingerprint density at radius 1 is 1.45 bits per heavy atom. The minimum Gasteiger partial charge on any atom is -0.478 e. The summed E-state index contributed by atoms with van der Waals surface area (Å²) in [7, 11) is 0. The predicted molar refractivity (Wildman–Crippen MR) is 39.8 cm³/mol. The summed E-state index contributed by atoms with van der Waals surface area (Å²) >= 11 is 0. The van der Waals surface area contributed by atoms with Gasteiger partial charge in [0, 0.05) is 11.6 Å². The molecular formula is C7H11NO3. The van der Waals surface area contributed by atoms with E-state index in [0.717, 1.165) is 6.08 Å². The highest BCUT2D eigenvalue weighted by molar-refractivity contribution is 5.98. The van der Waals surface area contributed by atoms with Crippen molar-refractivity contribution in [3.63, 3.8) is 0 Å². The van der Waals surface area contributed by atoms with Crippen molar-refractivity contribution in [2.24, 2.45) is 11.7 Å². The Bertz CT molecular complexity index is 206. The zero-order valence-electron chi connectivity index (χ0n) is 6.50. The molecule has 11 heavy (non-hydrogen) atoms. The van der Waals surface area contributed by atoms with Crippen LogP contribution < -0.4 is 5.73 Å². The lowest BCUT2D eigenvalue weighted by molar-refractivity contribution is -0.131. The van der Waals surface area contributed by atoms with Crippen LogP contribution in [0.2, 0.25) is 0 Å². The molecule has 0 saturated heterocycles. The van der Waals surface area contributed by atoms with Gasteiger partial charge in [-0.2, -0.15) is 0 Å². The molecule has 0 heterocycles. The molecule has 4 nitrogen and oxygen atoms in total. The Labute approximate surface area is 64.7 Å². The fourth-order valence-corrected chi connectivity index (χ4v) is 0.655. The van der Waals surface area contributed by atoms with E-state index in [1.807, 2.05) is 0 Å².